The van der Waals surface area contributed by atoms with E-state index in [1.165, 1.54) is 0 Å². The van der Waals surface area contributed by atoms with Gasteiger partial charge in [0.1, 0.15) is 6.26 Å². The summed E-state index contributed by atoms with van der Waals surface area (Å²) in [5.41, 5.74) is 3.40. The highest BCUT2D eigenvalue weighted by Crippen LogP contribution is 2.21. The summed E-state index contributed by atoms with van der Waals surface area (Å²) in [6.07, 6.45) is 5.85. The van der Waals surface area contributed by atoms with Crippen LogP contribution in [0.2, 0.25) is 0 Å². The predicted octanol–water partition coefficient (Wildman–Crippen LogP) is 3.41. The molecule has 6 nitrogen and oxygen atoms in total. The van der Waals surface area contributed by atoms with E-state index in [0.717, 1.165) is 23.2 Å². The van der Waals surface area contributed by atoms with E-state index < -0.39 is 0 Å². The number of hydrogen-bond donors (Lipinski definition) is 2. The minimum absolute atomic E-state index is 0.250. The molecule has 0 bridgehead atoms. The topological polar surface area (TPSA) is 80.0 Å². The van der Waals surface area contributed by atoms with E-state index in [-0.39, 0.29) is 6.03 Å². The number of carbonyl (C=O) groups is 1. The highest BCUT2D eigenvalue weighted by atomic mass is 16.3. The smallest absolute Gasteiger partial charge is 0.319 e. The summed E-state index contributed by atoms with van der Waals surface area (Å²) in [6.45, 7) is 2.40. The maximum atomic E-state index is 12.0. The van der Waals surface area contributed by atoms with Crippen LogP contribution in [-0.4, -0.2) is 22.5 Å². The van der Waals surface area contributed by atoms with E-state index >= 15 is 0 Å². The van der Waals surface area contributed by atoms with Crippen molar-refractivity contribution >= 4 is 11.7 Å². The van der Waals surface area contributed by atoms with E-state index in [9.17, 15) is 4.79 Å². The molecule has 6 heteroatoms. The summed E-state index contributed by atoms with van der Waals surface area (Å²) in [5, 5.41) is 5.64. The van der Waals surface area contributed by atoms with Crippen LogP contribution in [0.5, 0.6) is 0 Å². The first kappa shape index (κ1) is 15.7. The van der Waals surface area contributed by atoms with Gasteiger partial charge in [-0.2, -0.15) is 0 Å². The summed E-state index contributed by atoms with van der Waals surface area (Å²) in [4.78, 5) is 20.3. The first-order valence-corrected chi connectivity index (χ1v) is 7.67. The van der Waals surface area contributed by atoms with Crippen molar-refractivity contribution in [2.24, 2.45) is 0 Å². The zero-order valence-corrected chi connectivity index (χ0v) is 13.3. The van der Waals surface area contributed by atoms with Crippen molar-refractivity contribution in [2.75, 3.05) is 11.9 Å². The maximum Gasteiger partial charge on any atom is 0.319 e. The van der Waals surface area contributed by atoms with Gasteiger partial charge in [-0.1, -0.05) is 12.1 Å². The van der Waals surface area contributed by atoms with Gasteiger partial charge in [0.2, 0.25) is 5.89 Å². The Morgan fingerprint density at radius 3 is 2.92 bits per heavy atom. The lowest BCUT2D eigenvalue weighted by molar-refractivity contribution is 0.252. The minimum atomic E-state index is -0.250. The molecular weight excluding hydrogens is 304 g/mol. The molecule has 0 aliphatic rings. The number of oxazole rings is 1. The fourth-order valence-electron chi connectivity index (χ4n) is 2.26. The highest BCUT2D eigenvalue weighted by molar-refractivity contribution is 5.89. The molecule has 3 aromatic rings. The van der Waals surface area contributed by atoms with Gasteiger partial charge < -0.3 is 15.1 Å². The molecule has 24 heavy (non-hydrogen) atoms. The summed E-state index contributed by atoms with van der Waals surface area (Å²) in [7, 11) is 0. The number of carbonyl (C=O) groups excluding carboxylic acids is 1. The molecule has 0 aliphatic carbocycles. The normalized spacial score (nSPS) is 10.4. The average molecular weight is 322 g/mol. The van der Waals surface area contributed by atoms with Gasteiger partial charge in [0, 0.05) is 30.2 Å². The zero-order chi connectivity index (χ0) is 16.8. The van der Waals surface area contributed by atoms with E-state index in [0.29, 0.717) is 18.1 Å². The molecule has 0 aliphatic heterocycles. The third kappa shape index (κ3) is 4.19. The van der Waals surface area contributed by atoms with Crippen molar-refractivity contribution in [1.29, 1.82) is 0 Å². The molecule has 0 saturated heterocycles. The van der Waals surface area contributed by atoms with Crippen molar-refractivity contribution in [3.05, 3.63) is 66.3 Å². The zero-order valence-electron chi connectivity index (χ0n) is 13.3. The lowest BCUT2D eigenvalue weighted by Crippen LogP contribution is -2.30. The maximum absolute atomic E-state index is 12.0. The molecule has 0 saturated carbocycles. The van der Waals surface area contributed by atoms with Gasteiger partial charge in [-0.25, -0.2) is 9.78 Å². The third-order valence-corrected chi connectivity index (χ3v) is 3.41. The Labute approximate surface area is 140 Å². The third-order valence-electron chi connectivity index (χ3n) is 3.41. The van der Waals surface area contributed by atoms with Crippen molar-refractivity contribution in [3.63, 3.8) is 0 Å². The second-order valence-electron chi connectivity index (χ2n) is 5.37. The van der Waals surface area contributed by atoms with Crippen LogP contribution in [-0.2, 0) is 6.42 Å². The van der Waals surface area contributed by atoms with Crippen LogP contribution < -0.4 is 10.6 Å². The molecule has 0 unspecified atom stereocenters. The van der Waals surface area contributed by atoms with Crippen molar-refractivity contribution < 1.29 is 9.21 Å². The van der Waals surface area contributed by atoms with Crippen molar-refractivity contribution in [1.82, 2.24) is 15.3 Å². The molecule has 2 N–H and O–H groups in total. The molecular formula is C18H18N4O2. The number of urea groups is 1. The van der Waals surface area contributed by atoms with E-state index in [2.05, 4.69) is 20.6 Å². The standard InChI is InChI=1S/C18H18N4O2/c1-13-12-24-17(21-13)15-5-2-6-16(10-15)22-18(23)20-9-7-14-4-3-8-19-11-14/h2-6,8,10-12H,7,9H2,1H3,(H2,20,22,23). The molecule has 3 rings (SSSR count). The molecule has 0 spiro atoms. The summed E-state index contributed by atoms with van der Waals surface area (Å²) < 4.78 is 5.38. The molecule has 1 aromatic carbocycles. The minimum Gasteiger partial charge on any atom is -0.444 e. The van der Waals surface area contributed by atoms with Crippen molar-refractivity contribution in [2.45, 2.75) is 13.3 Å². The van der Waals surface area contributed by atoms with Gasteiger partial charge >= 0.3 is 6.03 Å². The molecule has 0 fully saturated rings. The SMILES string of the molecule is Cc1coc(-c2cccc(NC(=O)NCCc3cccnc3)c2)n1. The molecule has 0 radical (unpaired) electrons. The average Bonchev–Trinajstić information content (AvgIpc) is 3.03. The lowest BCUT2D eigenvalue weighted by Gasteiger charge is -2.08. The predicted molar refractivity (Wildman–Crippen MR) is 91.6 cm³/mol. The quantitative estimate of drug-likeness (QED) is 0.754. The number of rotatable bonds is 5. The van der Waals surface area contributed by atoms with E-state index in [4.69, 9.17) is 4.42 Å². The monoisotopic (exact) mass is 322 g/mol. The van der Waals surface area contributed by atoms with Gasteiger partial charge in [-0.05, 0) is 43.2 Å². The molecule has 2 aromatic heterocycles. The number of nitrogens with one attached hydrogen (secondary N) is 2. The number of aryl methyl sites for hydroxylation is 1. The second-order valence-corrected chi connectivity index (χ2v) is 5.37. The Kier molecular flexibility index (Phi) is 4.86. The summed E-state index contributed by atoms with van der Waals surface area (Å²) >= 11 is 0. The lowest BCUT2D eigenvalue weighted by atomic mass is 10.2. The Hall–Kier alpha value is -3.15. The Morgan fingerprint density at radius 2 is 2.17 bits per heavy atom. The fraction of sp³-hybridized carbons (Fsp3) is 0.167. The number of aromatic nitrogens is 2. The van der Waals surface area contributed by atoms with E-state index in [1.54, 1.807) is 18.7 Å². The van der Waals surface area contributed by atoms with Gasteiger partial charge in [0.05, 0.1) is 5.69 Å². The number of benzene rings is 1. The first-order chi connectivity index (χ1) is 11.7. The molecule has 2 heterocycles. The first-order valence-electron chi connectivity index (χ1n) is 7.67. The number of anilines is 1. The Morgan fingerprint density at radius 1 is 1.25 bits per heavy atom. The van der Waals surface area contributed by atoms with Crippen LogP contribution >= 0.6 is 0 Å². The number of pyridine rings is 1. The van der Waals surface area contributed by atoms with Crippen LogP contribution in [0.25, 0.3) is 11.5 Å². The van der Waals surface area contributed by atoms with Gasteiger partial charge in [-0.15, -0.1) is 0 Å². The van der Waals surface area contributed by atoms with E-state index in [1.807, 2.05) is 43.3 Å². The van der Waals surface area contributed by atoms with Crippen LogP contribution in [0.3, 0.4) is 0 Å². The Bertz CT molecular complexity index is 815. The van der Waals surface area contributed by atoms with Gasteiger partial charge in [-0.3, -0.25) is 4.98 Å². The molecule has 122 valence electrons. The van der Waals surface area contributed by atoms with Gasteiger partial charge in [0.15, 0.2) is 0 Å². The largest absolute Gasteiger partial charge is 0.444 e. The van der Waals surface area contributed by atoms with Crippen molar-refractivity contribution in [3.8, 4) is 11.5 Å². The second kappa shape index (κ2) is 7.41. The number of nitrogens with zero attached hydrogens (tertiary/aromatic N) is 2. The number of amides is 2. The fourth-order valence-corrected chi connectivity index (χ4v) is 2.26. The molecule has 0 atom stereocenters. The highest BCUT2D eigenvalue weighted by Gasteiger charge is 2.07. The molecule has 2 amide bonds. The van der Waals surface area contributed by atoms with Crippen LogP contribution in [0.1, 0.15) is 11.3 Å². The Balaban J connectivity index is 1.54. The summed E-state index contributed by atoms with van der Waals surface area (Å²) in [6, 6.07) is 11.0. The summed E-state index contributed by atoms with van der Waals surface area (Å²) in [5.74, 6) is 0.535. The van der Waals surface area contributed by atoms with Crippen LogP contribution in [0.15, 0.2) is 59.5 Å². The van der Waals surface area contributed by atoms with Gasteiger partial charge in [0.25, 0.3) is 0 Å². The number of hydrogen-bond acceptors (Lipinski definition) is 4. The van der Waals surface area contributed by atoms with Crippen LogP contribution in [0.4, 0.5) is 10.5 Å². The van der Waals surface area contributed by atoms with Crippen LogP contribution in [0, 0.1) is 6.92 Å².